The Bertz CT molecular complexity index is 284. The lowest BCUT2D eigenvalue weighted by Crippen LogP contribution is -2.21. The van der Waals surface area contributed by atoms with Crippen molar-refractivity contribution >= 4 is 11.6 Å². The molecule has 2 nitrogen and oxygen atoms in total. The second-order valence-corrected chi connectivity index (χ2v) is 4.32. The van der Waals surface area contributed by atoms with Gasteiger partial charge in [0.05, 0.1) is 5.60 Å². The van der Waals surface area contributed by atoms with E-state index in [0.717, 1.165) is 11.3 Å². The Morgan fingerprint density at radius 3 is 2.54 bits per heavy atom. The average molecular weight is 200 g/mol. The van der Waals surface area contributed by atoms with Crippen LogP contribution in [0.1, 0.15) is 25.1 Å². The summed E-state index contributed by atoms with van der Waals surface area (Å²) in [6, 6.07) is 3.72. The van der Waals surface area contributed by atoms with Crippen LogP contribution in [-0.4, -0.2) is 15.7 Å². The zero-order valence-electron chi connectivity index (χ0n) is 8.13. The van der Waals surface area contributed by atoms with Gasteiger partial charge in [0.2, 0.25) is 0 Å². The van der Waals surface area contributed by atoms with Crippen molar-refractivity contribution in [1.29, 1.82) is 0 Å². The van der Waals surface area contributed by atoms with Crippen LogP contribution < -0.4 is 0 Å². The predicted molar refractivity (Wildman–Crippen MR) is 54.0 cm³/mol. The molecule has 1 heterocycles. The number of aliphatic hydroxyl groups is 1. The Kier molecular flexibility index (Phi) is 2.94. The standard InChI is InChI=1S/C10H14ClNO/c1-7-4-8(5-9(11)12-7)6-10(2,3)13/h4-5,13H,6H2,1-3H3. The van der Waals surface area contributed by atoms with Crippen LogP contribution in [-0.2, 0) is 6.42 Å². The van der Waals surface area contributed by atoms with E-state index in [0.29, 0.717) is 11.6 Å². The third-order valence-electron chi connectivity index (χ3n) is 1.62. The number of pyridine rings is 1. The molecule has 0 radical (unpaired) electrons. The molecule has 0 atom stereocenters. The van der Waals surface area contributed by atoms with E-state index in [4.69, 9.17) is 11.6 Å². The summed E-state index contributed by atoms with van der Waals surface area (Å²) >= 11 is 5.79. The number of hydrogen-bond acceptors (Lipinski definition) is 2. The lowest BCUT2D eigenvalue weighted by Gasteiger charge is -2.17. The first kappa shape index (κ1) is 10.5. The summed E-state index contributed by atoms with van der Waals surface area (Å²) in [4.78, 5) is 4.05. The van der Waals surface area contributed by atoms with E-state index in [9.17, 15) is 5.11 Å². The van der Waals surface area contributed by atoms with Crippen LogP contribution in [0.2, 0.25) is 5.15 Å². The molecule has 0 fully saturated rings. The first-order valence-corrected chi connectivity index (χ1v) is 4.60. The predicted octanol–water partition coefficient (Wildman–Crippen LogP) is 2.36. The Balaban J connectivity index is 2.90. The van der Waals surface area contributed by atoms with Gasteiger partial charge in [-0.05, 0) is 38.5 Å². The Labute approximate surface area is 83.6 Å². The molecule has 3 heteroatoms. The van der Waals surface area contributed by atoms with Crippen molar-refractivity contribution in [3.8, 4) is 0 Å². The van der Waals surface area contributed by atoms with Gasteiger partial charge in [0.1, 0.15) is 5.15 Å². The zero-order chi connectivity index (χ0) is 10.1. The molecule has 0 aliphatic rings. The summed E-state index contributed by atoms with van der Waals surface area (Å²) in [6.07, 6.45) is 0.593. The minimum Gasteiger partial charge on any atom is -0.390 e. The quantitative estimate of drug-likeness (QED) is 0.742. The van der Waals surface area contributed by atoms with Gasteiger partial charge < -0.3 is 5.11 Å². The molecule has 0 aliphatic carbocycles. The zero-order valence-corrected chi connectivity index (χ0v) is 8.89. The molecule has 1 aromatic rings. The maximum absolute atomic E-state index is 9.59. The smallest absolute Gasteiger partial charge is 0.129 e. The van der Waals surface area contributed by atoms with Crippen molar-refractivity contribution in [1.82, 2.24) is 4.98 Å². The molecular formula is C10H14ClNO. The molecule has 0 saturated heterocycles. The minimum absolute atomic E-state index is 0.485. The summed E-state index contributed by atoms with van der Waals surface area (Å²) in [7, 11) is 0. The van der Waals surface area contributed by atoms with Gasteiger partial charge in [0, 0.05) is 12.1 Å². The first-order chi connectivity index (χ1) is 5.87. The van der Waals surface area contributed by atoms with E-state index >= 15 is 0 Å². The monoisotopic (exact) mass is 199 g/mol. The van der Waals surface area contributed by atoms with Crippen molar-refractivity contribution in [3.05, 3.63) is 28.5 Å². The van der Waals surface area contributed by atoms with Crippen LogP contribution in [0, 0.1) is 6.92 Å². The fraction of sp³-hybridized carbons (Fsp3) is 0.500. The lowest BCUT2D eigenvalue weighted by atomic mass is 9.99. The molecule has 0 aromatic carbocycles. The van der Waals surface area contributed by atoms with E-state index in [1.807, 2.05) is 13.0 Å². The number of nitrogens with zero attached hydrogens (tertiary/aromatic N) is 1. The second kappa shape index (κ2) is 3.64. The van der Waals surface area contributed by atoms with Crippen LogP contribution in [0.3, 0.4) is 0 Å². The Morgan fingerprint density at radius 2 is 2.08 bits per heavy atom. The largest absolute Gasteiger partial charge is 0.390 e. The molecule has 0 bridgehead atoms. The topological polar surface area (TPSA) is 33.1 Å². The average Bonchev–Trinajstić information content (AvgIpc) is 1.78. The molecule has 1 rings (SSSR count). The normalized spacial score (nSPS) is 11.8. The number of aryl methyl sites for hydroxylation is 1. The first-order valence-electron chi connectivity index (χ1n) is 4.22. The maximum Gasteiger partial charge on any atom is 0.129 e. The number of halogens is 1. The SMILES string of the molecule is Cc1cc(CC(C)(C)O)cc(Cl)n1. The van der Waals surface area contributed by atoms with Crippen molar-refractivity contribution in [2.45, 2.75) is 32.8 Å². The molecule has 0 aliphatic heterocycles. The second-order valence-electron chi connectivity index (χ2n) is 3.93. The van der Waals surface area contributed by atoms with Crippen LogP contribution in [0.4, 0.5) is 0 Å². The molecule has 0 amide bonds. The van der Waals surface area contributed by atoms with E-state index in [1.54, 1.807) is 19.9 Å². The summed E-state index contributed by atoms with van der Waals surface area (Å²) in [5, 5.41) is 10.1. The Hall–Kier alpha value is -0.600. The van der Waals surface area contributed by atoms with E-state index in [-0.39, 0.29) is 0 Å². The lowest BCUT2D eigenvalue weighted by molar-refractivity contribution is 0.0810. The molecule has 1 N–H and O–H groups in total. The molecule has 13 heavy (non-hydrogen) atoms. The summed E-state index contributed by atoms with van der Waals surface area (Å²) in [5.74, 6) is 0. The van der Waals surface area contributed by atoms with Gasteiger partial charge in [0.25, 0.3) is 0 Å². The van der Waals surface area contributed by atoms with Gasteiger partial charge in [-0.25, -0.2) is 4.98 Å². The van der Waals surface area contributed by atoms with Crippen molar-refractivity contribution in [2.24, 2.45) is 0 Å². The van der Waals surface area contributed by atoms with Crippen molar-refractivity contribution in [3.63, 3.8) is 0 Å². The van der Waals surface area contributed by atoms with Gasteiger partial charge in [-0.3, -0.25) is 0 Å². The molecule has 0 spiro atoms. The number of aromatic nitrogens is 1. The van der Waals surface area contributed by atoms with Crippen LogP contribution in [0.15, 0.2) is 12.1 Å². The number of hydrogen-bond donors (Lipinski definition) is 1. The summed E-state index contributed by atoms with van der Waals surface area (Å²) in [6.45, 7) is 5.44. The third kappa shape index (κ3) is 3.75. The highest BCUT2D eigenvalue weighted by molar-refractivity contribution is 6.29. The van der Waals surface area contributed by atoms with E-state index < -0.39 is 5.60 Å². The van der Waals surface area contributed by atoms with Gasteiger partial charge in [-0.15, -0.1) is 0 Å². The Morgan fingerprint density at radius 1 is 1.46 bits per heavy atom. The van der Waals surface area contributed by atoms with Gasteiger partial charge in [0.15, 0.2) is 0 Å². The highest BCUT2D eigenvalue weighted by atomic mass is 35.5. The third-order valence-corrected chi connectivity index (χ3v) is 1.81. The fourth-order valence-electron chi connectivity index (χ4n) is 1.30. The number of rotatable bonds is 2. The highest BCUT2D eigenvalue weighted by Gasteiger charge is 2.13. The fourth-order valence-corrected chi connectivity index (χ4v) is 1.57. The van der Waals surface area contributed by atoms with Gasteiger partial charge in [-0.1, -0.05) is 11.6 Å². The van der Waals surface area contributed by atoms with Crippen molar-refractivity contribution < 1.29 is 5.11 Å². The minimum atomic E-state index is -0.697. The van der Waals surface area contributed by atoms with Crippen LogP contribution in [0.5, 0.6) is 0 Å². The van der Waals surface area contributed by atoms with Crippen molar-refractivity contribution in [2.75, 3.05) is 0 Å². The van der Waals surface area contributed by atoms with Gasteiger partial charge >= 0.3 is 0 Å². The maximum atomic E-state index is 9.59. The van der Waals surface area contributed by atoms with Crippen LogP contribution in [0.25, 0.3) is 0 Å². The molecule has 1 aromatic heterocycles. The van der Waals surface area contributed by atoms with Gasteiger partial charge in [-0.2, -0.15) is 0 Å². The van der Waals surface area contributed by atoms with E-state index in [1.165, 1.54) is 0 Å². The summed E-state index contributed by atoms with van der Waals surface area (Å²) < 4.78 is 0. The molecular weight excluding hydrogens is 186 g/mol. The molecule has 72 valence electrons. The van der Waals surface area contributed by atoms with Crippen LogP contribution >= 0.6 is 11.6 Å². The summed E-state index contributed by atoms with van der Waals surface area (Å²) in [5.41, 5.74) is 1.20. The molecule has 0 unspecified atom stereocenters. The molecule has 0 saturated carbocycles. The van der Waals surface area contributed by atoms with E-state index in [2.05, 4.69) is 4.98 Å². The highest BCUT2D eigenvalue weighted by Crippen LogP contribution is 2.16.